The fourth-order valence-corrected chi connectivity index (χ4v) is 2.46. The third-order valence-corrected chi connectivity index (χ3v) is 3.68. The predicted molar refractivity (Wildman–Crippen MR) is 94.1 cm³/mol. The van der Waals surface area contributed by atoms with Crippen LogP contribution in [0.15, 0.2) is 73.1 Å². The molecule has 0 spiro atoms. The van der Waals surface area contributed by atoms with Gasteiger partial charge in [-0.2, -0.15) is 0 Å². The normalized spacial score (nSPS) is 10.4. The monoisotopic (exact) mass is 304 g/mol. The molecule has 2 aromatic heterocycles. The first-order chi connectivity index (χ1) is 11.3. The molecule has 0 saturated heterocycles. The summed E-state index contributed by atoms with van der Waals surface area (Å²) in [4.78, 5) is 11.1. The van der Waals surface area contributed by atoms with Crippen LogP contribution in [0.2, 0.25) is 0 Å². The second-order valence-electron chi connectivity index (χ2n) is 5.43. The van der Waals surface area contributed by atoms with E-state index in [2.05, 4.69) is 45.2 Å². The molecule has 0 amide bonds. The molecule has 0 saturated carbocycles. The number of aromatic nitrogens is 2. The molecule has 0 unspecified atom stereocenters. The molecule has 4 heteroatoms. The quantitative estimate of drug-likeness (QED) is 0.759. The summed E-state index contributed by atoms with van der Waals surface area (Å²) in [5.74, 6) is 0.930. The van der Waals surface area contributed by atoms with Crippen LogP contribution in [0, 0.1) is 0 Å². The molecule has 0 aliphatic rings. The van der Waals surface area contributed by atoms with Gasteiger partial charge in [0.15, 0.2) is 0 Å². The van der Waals surface area contributed by atoms with Crippen LogP contribution in [0.3, 0.4) is 0 Å². The van der Waals surface area contributed by atoms with Gasteiger partial charge >= 0.3 is 0 Å². The van der Waals surface area contributed by atoms with Gasteiger partial charge in [-0.25, -0.2) is 4.98 Å². The van der Waals surface area contributed by atoms with Gasteiger partial charge in [-0.3, -0.25) is 4.98 Å². The molecule has 3 aromatic rings. The molecule has 1 aromatic carbocycles. The van der Waals surface area contributed by atoms with Crippen LogP contribution in [0.25, 0.3) is 0 Å². The highest BCUT2D eigenvalue weighted by atomic mass is 15.2. The van der Waals surface area contributed by atoms with Crippen LogP contribution in [-0.4, -0.2) is 16.5 Å². The molecule has 0 atom stereocenters. The van der Waals surface area contributed by atoms with E-state index in [1.54, 1.807) is 6.20 Å². The number of anilines is 2. The standard InChI is InChI=1S/C19H20N4/c20-17-9-10-19(22-14-17)23(15-16-6-2-1-3-7-16)13-11-18-8-4-5-12-21-18/h1-10,12,14H,11,13,15,20H2. The number of hydrogen-bond donors (Lipinski definition) is 1. The van der Waals surface area contributed by atoms with Crippen molar-refractivity contribution in [2.45, 2.75) is 13.0 Å². The Hall–Kier alpha value is -2.88. The number of benzene rings is 1. The second kappa shape index (κ2) is 7.40. The lowest BCUT2D eigenvalue weighted by Crippen LogP contribution is -2.26. The van der Waals surface area contributed by atoms with Crippen molar-refractivity contribution in [3.63, 3.8) is 0 Å². The van der Waals surface area contributed by atoms with Crippen molar-refractivity contribution in [1.29, 1.82) is 0 Å². The molecule has 2 N–H and O–H groups in total. The SMILES string of the molecule is Nc1ccc(N(CCc2ccccn2)Cc2ccccc2)nc1. The lowest BCUT2D eigenvalue weighted by molar-refractivity contribution is 0.758. The van der Waals surface area contributed by atoms with E-state index in [0.717, 1.165) is 31.0 Å². The Labute approximate surface area is 136 Å². The Kier molecular flexibility index (Phi) is 4.84. The number of nitrogens with two attached hydrogens (primary N) is 1. The highest BCUT2D eigenvalue weighted by molar-refractivity contribution is 5.46. The van der Waals surface area contributed by atoms with Gasteiger partial charge in [0.2, 0.25) is 0 Å². The van der Waals surface area contributed by atoms with Crippen LogP contribution >= 0.6 is 0 Å². The maximum Gasteiger partial charge on any atom is 0.128 e. The fourth-order valence-electron chi connectivity index (χ4n) is 2.46. The van der Waals surface area contributed by atoms with Crippen LogP contribution < -0.4 is 10.6 Å². The van der Waals surface area contributed by atoms with Gasteiger partial charge in [0.1, 0.15) is 5.82 Å². The Morgan fingerprint density at radius 1 is 0.870 bits per heavy atom. The highest BCUT2D eigenvalue weighted by Crippen LogP contribution is 2.16. The van der Waals surface area contributed by atoms with Crippen molar-refractivity contribution >= 4 is 11.5 Å². The minimum Gasteiger partial charge on any atom is -0.397 e. The summed E-state index contributed by atoms with van der Waals surface area (Å²) in [6.45, 7) is 1.66. The van der Waals surface area contributed by atoms with Crippen LogP contribution in [0.5, 0.6) is 0 Å². The zero-order chi connectivity index (χ0) is 15.9. The van der Waals surface area contributed by atoms with Gasteiger partial charge < -0.3 is 10.6 Å². The number of nitrogens with zero attached hydrogens (tertiary/aromatic N) is 3. The number of nitrogen functional groups attached to an aromatic ring is 1. The number of rotatable bonds is 6. The van der Waals surface area contributed by atoms with Gasteiger partial charge in [0, 0.05) is 31.4 Å². The zero-order valence-corrected chi connectivity index (χ0v) is 13.0. The lowest BCUT2D eigenvalue weighted by atomic mass is 10.2. The number of hydrogen-bond acceptors (Lipinski definition) is 4. The van der Waals surface area contributed by atoms with Gasteiger partial charge in [0.05, 0.1) is 11.9 Å². The molecule has 23 heavy (non-hydrogen) atoms. The molecule has 0 aliphatic heterocycles. The molecule has 0 aliphatic carbocycles. The first-order valence-corrected chi connectivity index (χ1v) is 7.71. The Balaban J connectivity index is 1.76. The molecule has 116 valence electrons. The van der Waals surface area contributed by atoms with E-state index in [-0.39, 0.29) is 0 Å². The Morgan fingerprint density at radius 2 is 1.70 bits per heavy atom. The molecular formula is C19H20N4. The first-order valence-electron chi connectivity index (χ1n) is 7.71. The van der Waals surface area contributed by atoms with Crippen LogP contribution in [-0.2, 0) is 13.0 Å². The largest absolute Gasteiger partial charge is 0.397 e. The Morgan fingerprint density at radius 3 is 2.39 bits per heavy atom. The average Bonchev–Trinajstić information content (AvgIpc) is 2.61. The van der Waals surface area contributed by atoms with E-state index >= 15 is 0 Å². The van der Waals surface area contributed by atoms with E-state index < -0.39 is 0 Å². The van der Waals surface area contributed by atoms with E-state index in [1.165, 1.54) is 5.56 Å². The van der Waals surface area contributed by atoms with Gasteiger partial charge in [-0.15, -0.1) is 0 Å². The first kappa shape index (κ1) is 15.0. The average molecular weight is 304 g/mol. The fraction of sp³-hybridized carbons (Fsp3) is 0.158. The van der Waals surface area contributed by atoms with Crippen LogP contribution in [0.1, 0.15) is 11.3 Å². The topological polar surface area (TPSA) is 55.0 Å². The molecule has 3 rings (SSSR count). The van der Waals surface area contributed by atoms with Crippen molar-refractivity contribution in [1.82, 2.24) is 9.97 Å². The predicted octanol–water partition coefficient (Wildman–Crippen LogP) is 3.31. The second-order valence-corrected chi connectivity index (χ2v) is 5.43. The Bertz CT molecular complexity index is 711. The molecule has 0 radical (unpaired) electrons. The van der Waals surface area contributed by atoms with Gasteiger partial charge in [-0.1, -0.05) is 36.4 Å². The molecule has 4 nitrogen and oxygen atoms in total. The minimum atomic E-state index is 0.679. The third-order valence-electron chi connectivity index (χ3n) is 3.68. The number of pyridine rings is 2. The van der Waals surface area contributed by atoms with Crippen LogP contribution in [0.4, 0.5) is 11.5 Å². The van der Waals surface area contributed by atoms with E-state index in [0.29, 0.717) is 5.69 Å². The van der Waals surface area contributed by atoms with E-state index in [4.69, 9.17) is 5.73 Å². The summed E-state index contributed by atoms with van der Waals surface area (Å²) in [6, 6.07) is 20.3. The maximum absolute atomic E-state index is 5.75. The highest BCUT2D eigenvalue weighted by Gasteiger charge is 2.09. The van der Waals surface area contributed by atoms with Crippen molar-refractivity contribution in [2.24, 2.45) is 0 Å². The smallest absolute Gasteiger partial charge is 0.128 e. The summed E-state index contributed by atoms with van der Waals surface area (Å²) in [6.07, 6.45) is 4.41. The summed E-state index contributed by atoms with van der Waals surface area (Å²) < 4.78 is 0. The lowest BCUT2D eigenvalue weighted by Gasteiger charge is -2.24. The summed E-state index contributed by atoms with van der Waals surface area (Å²) in [5, 5.41) is 0. The molecule has 2 heterocycles. The maximum atomic E-state index is 5.75. The third kappa shape index (κ3) is 4.30. The van der Waals surface area contributed by atoms with Crippen molar-refractivity contribution in [2.75, 3.05) is 17.2 Å². The summed E-state index contributed by atoms with van der Waals surface area (Å²) in [7, 11) is 0. The summed E-state index contributed by atoms with van der Waals surface area (Å²) >= 11 is 0. The van der Waals surface area contributed by atoms with Gasteiger partial charge in [-0.05, 0) is 29.8 Å². The van der Waals surface area contributed by atoms with Crippen molar-refractivity contribution < 1.29 is 0 Å². The molecule has 0 fully saturated rings. The molecule has 0 bridgehead atoms. The van der Waals surface area contributed by atoms with Crippen molar-refractivity contribution in [3.05, 3.63) is 84.3 Å². The van der Waals surface area contributed by atoms with E-state index in [1.807, 2.05) is 36.5 Å². The van der Waals surface area contributed by atoms with Gasteiger partial charge in [0.25, 0.3) is 0 Å². The van der Waals surface area contributed by atoms with E-state index in [9.17, 15) is 0 Å². The van der Waals surface area contributed by atoms with Crippen molar-refractivity contribution in [3.8, 4) is 0 Å². The summed E-state index contributed by atoms with van der Waals surface area (Å²) in [5.41, 5.74) is 8.77. The molecular weight excluding hydrogens is 284 g/mol. The zero-order valence-electron chi connectivity index (χ0n) is 13.0. The minimum absolute atomic E-state index is 0.679.